The molecule has 23 heavy (non-hydrogen) atoms. The Kier molecular flexibility index (Phi) is 3.70. The molecule has 0 bridgehead atoms. The fourth-order valence-corrected chi connectivity index (χ4v) is 2.60. The Morgan fingerprint density at radius 2 is 2.04 bits per heavy atom. The van der Waals surface area contributed by atoms with Crippen LogP contribution >= 0.6 is 0 Å². The molecule has 0 spiro atoms. The number of primary amides is 1. The van der Waals surface area contributed by atoms with Crippen molar-refractivity contribution in [3.8, 4) is 6.07 Å². The summed E-state index contributed by atoms with van der Waals surface area (Å²) in [5, 5.41) is 10.00. The van der Waals surface area contributed by atoms with E-state index in [0.29, 0.717) is 17.7 Å². The van der Waals surface area contributed by atoms with Gasteiger partial charge in [0.05, 0.1) is 11.6 Å². The van der Waals surface area contributed by atoms with Crippen LogP contribution in [0.5, 0.6) is 0 Å². The van der Waals surface area contributed by atoms with Crippen molar-refractivity contribution in [1.82, 2.24) is 4.57 Å². The Bertz CT molecular complexity index is 960. The van der Waals surface area contributed by atoms with E-state index in [4.69, 9.17) is 11.0 Å². The fourth-order valence-electron chi connectivity index (χ4n) is 2.60. The molecular formula is C19H15N3O. The van der Waals surface area contributed by atoms with Gasteiger partial charge in [0.25, 0.3) is 0 Å². The number of amides is 1. The second kappa shape index (κ2) is 5.82. The number of carbonyl (C=O) groups excluding carboxylic acids is 1. The van der Waals surface area contributed by atoms with Crippen LogP contribution in [0.15, 0.2) is 61.3 Å². The highest BCUT2D eigenvalue weighted by Gasteiger charge is 2.08. The van der Waals surface area contributed by atoms with Gasteiger partial charge in [-0.25, -0.2) is 0 Å². The second-order valence-corrected chi connectivity index (χ2v) is 5.37. The fraction of sp³-hybridized carbons (Fsp3) is 0.0526. The van der Waals surface area contributed by atoms with Crippen LogP contribution in [0, 0.1) is 11.3 Å². The zero-order chi connectivity index (χ0) is 16.4. The first-order valence-corrected chi connectivity index (χ1v) is 7.15. The number of aromatic nitrogens is 1. The van der Waals surface area contributed by atoms with Crippen LogP contribution in [0.1, 0.15) is 16.7 Å². The first-order valence-electron chi connectivity index (χ1n) is 7.15. The normalized spacial score (nSPS) is 10.4. The van der Waals surface area contributed by atoms with E-state index in [1.807, 2.05) is 48.7 Å². The third-order valence-electron chi connectivity index (χ3n) is 3.83. The number of nitrogens with zero attached hydrogens (tertiary/aromatic N) is 2. The van der Waals surface area contributed by atoms with Crippen LogP contribution in [0.3, 0.4) is 0 Å². The van der Waals surface area contributed by atoms with E-state index in [2.05, 4.69) is 17.2 Å². The molecule has 0 atom stereocenters. The molecule has 0 aliphatic rings. The highest BCUT2D eigenvalue weighted by atomic mass is 16.1. The molecule has 4 nitrogen and oxygen atoms in total. The summed E-state index contributed by atoms with van der Waals surface area (Å²) in [4.78, 5) is 11.2. The molecule has 0 saturated carbocycles. The molecular weight excluding hydrogens is 286 g/mol. The van der Waals surface area contributed by atoms with Gasteiger partial charge >= 0.3 is 0 Å². The lowest BCUT2D eigenvalue weighted by molar-refractivity contribution is -0.112. The minimum Gasteiger partial charge on any atom is -0.366 e. The third-order valence-corrected chi connectivity index (χ3v) is 3.83. The van der Waals surface area contributed by atoms with Crippen LogP contribution in [-0.2, 0) is 11.3 Å². The van der Waals surface area contributed by atoms with Crippen LogP contribution in [0.25, 0.3) is 16.5 Å². The average Bonchev–Trinajstić information content (AvgIpc) is 2.96. The lowest BCUT2D eigenvalue weighted by Crippen LogP contribution is -2.11. The van der Waals surface area contributed by atoms with Gasteiger partial charge in [0, 0.05) is 29.2 Å². The lowest BCUT2D eigenvalue weighted by atomic mass is 10.1. The first-order chi connectivity index (χ1) is 11.1. The Hall–Kier alpha value is -3.32. The van der Waals surface area contributed by atoms with Gasteiger partial charge < -0.3 is 10.3 Å². The van der Waals surface area contributed by atoms with E-state index in [9.17, 15) is 4.79 Å². The molecule has 0 aliphatic carbocycles. The molecule has 2 aromatic carbocycles. The Labute approximate surface area is 134 Å². The van der Waals surface area contributed by atoms with Crippen LogP contribution in [0.4, 0.5) is 0 Å². The van der Waals surface area contributed by atoms with Crippen molar-refractivity contribution in [1.29, 1.82) is 5.26 Å². The number of nitrogens with two attached hydrogens (primary N) is 1. The predicted octanol–water partition coefficient (Wildman–Crippen LogP) is 3.06. The van der Waals surface area contributed by atoms with Crippen molar-refractivity contribution < 1.29 is 4.79 Å². The summed E-state index contributed by atoms with van der Waals surface area (Å²) in [5.41, 5.74) is 9.08. The Morgan fingerprint density at radius 1 is 1.22 bits per heavy atom. The van der Waals surface area contributed by atoms with Crippen LogP contribution in [0.2, 0.25) is 0 Å². The second-order valence-electron chi connectivity index (χ2n) is 5.37. The summed E-state index contributed by atoms with van der Waals surface area (Å²) in [6, 6.07) is 17.4. The van der Waals surface area contributed by atoms with E-state index in [1.165, 1.54) is 0 Å². The number of rotatable bonds is 4. The molecule has 1 amide bonds. The van der Waals surface area contributed by atoms with Crippen molar-refractivity contribution >= 4 is 22.4 Å². The Balaban J connectivity index is 1.95. The number of fused-ring (bicyclic) bond motifs is 1. The van der Waals surface area contributed by atoms with E-state index in [0.717, 1.165) is 22.0 Å². The molecule has 4 heteroatoms. The highest BCUT2D eigenvalue weighted by Crippen LogP contribution is 2.22. The minimum atomic E-state index is -0.517. The standard InChI is InChI=1S/C19H15N3O/c1-13(19(21)23)16-5-6-18-17(10-16)7-8-22(18)12-15-4-2-3-14(9-15)11-20/h2-10H,1,12H2,(H2,21,23). The molecule has 0 aliphatic heterocycles. The maximum Gasteiger partial charge on any atom is 0.248 e. The number of nitriles is 1. The molecule has 3 aromatic rings. The molecule has 112 valence electrons. The number of carbonyl (C=O) groups is 1. The first kappa shape index (κ1) is 14.6. The average molecular weight is 301 g/mol. The van der Waals surface area contributed by atoms with Crippen molar-refractivity contribution in [2.24, 2.45) is 5.73 Å². The zero-order valence-electron chi connectivity index (χ0n) is 12.5. The van der Waals surface area contributed by atoms with Crippen LogP contribution in [-0.4, -0.2) is 10.5 Å². The zero-order valence-corrected chi connectivity index (χ0v) is 12.5. The molecule has 0 saturated heterocycles. The van der Waals surface area contributed by atoms with Crippen molar-refractivity contribution in [3.05, 3.63) is 78.0 Å². The molecule has 1 aromatic heterocycles. The molecule has 3 rings (SSSR count). The van der Waals surface area contributed by atoms with E-state index in [-0.39, 0.29) is 0 Å². The topological polar surface area (TPSA) is 71.8 Å². The van der Waals surface area contributed by atoms with Gasteiger partial charge in [-0.3, -0.25) is 4.79 Å². The summed E-state index contributed by atoms with van der Waals surface area (Å²) in [5.74, 6) is -0.517. The number of benzene rings is 2. The lowest BCUT2D eigenvalue weighted by Gasteiger charge is -2.07. The van der Waals surface area contributed by atoms with Crippen molar-refractivity contribution in [3.63, 3.8) is 0 Å². The molecule has 0 fully saturated rings. The monoisotopic (exact) mass is 301 g/mol. The summed E-state index contributed by atoms with van der Waals surface area (Å²) in [7, 11) is 0. The van der Waals surface area contributed by atoms with Gasteiger partial charge in [0.15, 0.2) is 0 Å². The maximum absolute atomic E-state index is 11.2. The SMILES string of the molecule is C=C(C(N)=O)c1ccc2c(ccn2Cc2cccc(C#N)c2)c1. The minimum absolute atomic E-state index is 0.307. The van der Waals surface area contributed by atoms with Gasteiger partial charge in [-0.05, 0) is 41.5 Å². The molecule has 0 unspecified atom stereocenters. The number of hydrogen-bond donors (Lipinski definition) is 1. The van der Waals surface area contributed by atoms with Gasteiger partial charge in [-0.2, -0.15) is 5.26 Å². The van der Waals surface area contributed by atoms with E-state index >= 15 is 0 Å². The Morgan fingerprint density at radius 3 is 2.78 bits per heavy atom. The molecule has 2 N–H and O–H groups in total. The van der Waals surface area contributed by atoms with Gasteiger partial charge in [0.1, 0.15) is 0 Å². The third kappa shape index (κ3) is 2.85. The largest absolute Gasteiger partial charge is 0.366 e. The highest BCUT2D eigenvalue weighted by molar-refractivity contribution is 6.18. The number of hydrogen-bond acceptors (Lipinski definition) is 2. The summed E-state index contributed by atoms with van der Waals surface area (Å²) < 4.78 is 2.10. The van der Waals surface area contributed by atoms with Gasteiger partial charge in [-0.15, -0.1) is 0 Å². The van der Waals surface area contributed by atoms with Gasteiger partial charge in [-0.1, -0.05) is 24.8 Å². The quantitative estimate of drug-likeness (QED) is 0.752. The molecule has 1 heterocycles. The smallest absolute Gasteiger partial charge is 0.248 e. The van der Waals surface area contributed by atoms with Crippen LogP contribution < -0.4 is 5.73 Å². The summed E-state index contributed by atoms with van der Waals surface area (Å²) in [6.07, 6.45) is 1.99. The summed E-state index contributed by atoms with van der Waals surface area (Å²) >= 11 is 0. The van der Waals surface area contributed by atoms with Crippen molar-refractivity contribution in [2.75, 3.05) is 0 Å². The summed E-state index contributed by atoms with van der Waals surface area (Å²) in [6.45, 7) is 4.39. The predicted molar refractivity (Wildman–Crippen MR) is 90.4 cm³/mol. The van der Waals surface area contributed by atoms with E-state index in [1.54, 1.807) is 6.07 Å². The molecule has 0 radical (unpaired) electrons. The maximum atomic E-state index is 11.2. The van der Waals surface area contributed by atoms with Gasteiger partial charge in [0.2, 0.25) is 5.91 Å². The van der Waals surface area contributed by atoms with E-state index < -0.39 is 5.91 Å². The van der Waals surface area contributed by atoms with Crippen molar-refractivity contribution in [2.45, 2.75) is 6.54 Å².